The van der Waals surface area contributed by atoms with E-state index in [1.807, 2.05) is 24.2 Å². The molecule has 0 aliphatic carbocycles. The monoisotopic (exact) mass is 403 g/mol. The van der Waals surface area contributed by atoms with Crippen LogP contribution in [-0.4, -0.2) is 47.1 Å². The molecule has 0 bridgehead atoms. The van der Waals surface area contributed by atoms with Crippen molar-refractivity contribution in [2.75, 3.05) is 13.1 Å². The normalized spacial score (nSPS) is 15.9. The van der Waals surface area contributed by atoms with Gasteiger partial charge in [-0.25, -0.2) is 13.4 Å². The number of carbonyl (C=O) groups excluding carboxylic acids is 1. The van der Waals surface area contributed by atoms with Gasteiger partial charge in [-0.3, -0.25) is 4.79 Å². The van der Waals surface area contributed by atoms with Crippen LogP contribution in [0.2, 0.25) is 0 Å². The van der Waals surface area contributed by atoms with Crippen LogP contribution in [0.25, 0.3) is 0 Å². The van der Waals surface area contributed by atoms with E-state index in [-0.39, 0.29) is 5.91 Å². The highest BCUT2D eigenvalue weighted by atomic mass is 32.2. The van der Waals surface area contributed by atoms with Gasteiger partial charge < -0.3 is 9.47 Å². The maximum Gasteiger partial charge on any atom is 0.226 e. The molecular formula is C21H29N3O3S. The Morgan fingerprint density at radius 1 is 1.18 bits per heavy atom. The quantitative estimate of drug-likeness (QED) is 0.743. The van der Waals surface area contributed by atoms with E-state index in [1.165, 1.54) is 0 Å². The lowest BCUT2D eigenvalue weighted by Crippen LogP contribution is -2.40. The molecule has 0 atom stereocenters. The zero-order chi connectivity index (χ0) is 20.3. The Bertz CT molecular complexity index is 909. The fraction of sp³-hybridized carbons (Fsp3) is 0.524. The number of imidazole rings is 1. The average molecular weight is 404 g/mol. The lowest BCUT2D eigenvalue weighted by molar-refractivity contribution is -0.131. The Balaban J connectivity index is 1.52. The average Bonchev–Trinajstić information content (AvgIpc) is 3.07. The second-order valence-corrected chi connectivity index (χ2v) is 10.4. The van der Waals surface area contributed by atoms with Crippen molar-refractivity contribution in [3.63, 3.8) is 0 Å². The van der Waals surface area contributed by atoms with Crippen LogP contribution in [0.4, 0.5) is 0 Å². The van der Waals surface area contributed by atoms with Crippen LogP contribution in [0.3, 0.4) is 0 Å². The number of carbonyl (C=O) groups is 1. The number of piperidine rings is 1. The first kappa shape index (κ1) is 20.6. The number of likely N-dealkylation sites (tertiary alicyclic amines) is 1. The van der Waals surface area contributed by atoms with Gasteiger partial charge in [0.15, 0.2) is 9.84 Å². The molecule has 0 N–H and O–H groups in total. The third kappa shape index (κ3) is 4.63. The number of hydrogen-bond acceptors (Lipinski definition) is 4. The van der Waals surface area contributed by atoms with Gasteiger partial charge in [-0.1, -0.05) is 12.1 Å². The van der Waals surface area contributed by atoms with Crippen molar-refractivity contribution in [1.82, 2.24) is 14.5 Å². The predicted molar refractivity (Wildman–Crippen MR) is 109 cm³/mol. The van der Waals surface area contributed by atoms with Crippen molar-refractivity contribution in [1.29, 1.82) is 0 Å². The van der Waals surface area contributed by atoms with Crippen molar-refractivity contribution >= 4 is 15.7 Å². The summed E-state index contributed by atoms with van der Waals surface area (Å²) in [4.78, 5) is 19.1. The van der Waals surface area contributed by atoms with E-state index in [0.717, 1.165) is 43.9 Å². The Morgan fingerprint density at radius 2 is 1.82 bits per heavy atom. The summed E-state index contributed by atoms with van der Waals surface area (Å²) < 4.78 is 26.6. The van der Waals surface area contributed by atoms with Gasteiger partial charge in [0, 0.05) is 32.0 Å². The molecule has 6 nitrogen and oxygen atoms in total. The number of sulfone groups is 1. The highest BCUT2D eigenvalue weighted by Crippen LogP contribution is 2.21. The van der Waals surface area contributed by atoms with Crippen molar-refractivity contribution in [3.8, 4) is 0 Å². The van der Waals surface area contributed by atoms with Gasteiger partial charge in [0.1, 0.15) is 5.82 Å². The first-order valence-electron chi connectivity index (χ1n) is 9.85. The summed E-state index contributed by atoms with van der Waals surface area (Å²) in [6.07, 6.45) is 6.14. The van der Waals surface area contributed by atoms with Crippen LogP contribution in [-0.2, 0) is 27.6 Å². The third-order valence-corrected chi connectivity index (χ3v) is 7.74. The van der Waals surface area contributed by atoms with E-state index < -0.39 is 15.1 Å². The van der Waals surface area contributed by atoms with Gasteiger partial charge in [0.05, 0.1) is 16.6 Å². The molecule has 1 amide bonds. The number of rotatable bonds is 6. The minimum Gasteiger partial charge on any atom is -0.342 e. The minimum absolute atomic E-state index is 0.108. The molecule has 0 radical (unpaired) electrons. The molecule has 0 saturated carbocycles. The number of nitrogens with zero attached hydrogens (tertiary/aromatic N) is 3. The number of aromatic nitrogens is 2. The Hall–Kier alpha value is -2.15. The summed E-state index contributed by atoms with van der Waals surface area (Å²) in [6.45, 7) is 7.86. The Kier molecular flexibility index (Phi) is 6.23. The van der Waals surface area contributed by atoms with E-state index in [4.69, 9.17) is 0 Å². The molecule has 2 heterocycles. The standard InChI is InChI=1S/C21H29N3O3S/c1-16(2)28(26,27)20-6-4-18(5-7-20)14-21(25)23-11-8-19(9-12-23)15-24-13-10-22-17(24)3/h4-7,10,13,16,19H,8-9,11-12,14-15H2,1-3H3. The van der Waals surface area contributed by atoms with Gasteiger partial charge in [-0.15, -0.1) is 0 Å². The Morgan fingerprint density at radius 3 is 2.36 bits per heavy atom. The fourth-order valence-electron chi connectivity index (χ4n) is 3.60. The highest BCUT2D eigenvalue weighted by molar-refractivity contribution is 7.92. The van der Waals surface area contributed by atoms with E-state index >= 15 is 0 Å². The van der Waals surface area contributed by atoms with E-state index in [9.17, 15) is 13.2 Å². The largest absolute Gasteiger partial charge is 0.342 e. The summed E-state index contributed by atoms with van der Waals surface area (Å²) >= 11 is 0. The molecule has 1 aliphatic heterocycles. The zero-order valence-electron chi connectivity index (χ0n) is 16.8. The van der Waals surface area contributed by atoms with Crippen molar-refractivity contribution in [3.05, 3.63) is 48.0 Å². The van der Waals surface area contributed by atoms with Crippen LogP contribution in [0.15, 0.2) is 41.6 Å². The molecule has 28 heavy (non-hydrogen) atoms. The van der Waals surface area contributed by atoms with Crippen LogP contribution in [0, 0.1) is 12.8 Å². The molecule has 7 heteroatoms. The molecule has 2 aromatic rings. The van der Waals surface area contributed by atoms with Crippen molar-refractivity contribution < 1.29 is 13.2 Å². The summed E-state index contributed by atoms with van der Waals surface area (Å²) in [6, 6.07) is 6.72. The maximum atomic E-state index is 12.6. The van der Waals surface area contributed by atoms with Gasteiger partial charge in [0.2, 0.25) is 5.91 Å². The number of amides is 1. The maximum absolute atomic E-state index is 12.6. The number of hydrogen-bond donors (Lipinski definition) is 0. The molecule has 1 aromatic heterocycles. The molecule has 1 fully saturated rings. The first-order valence-corrected chi connectivity index (χ1v) is 11.4. The fourth-order valence-corrected chi connectivity index (χ4v) is 4.66. The molecule has 1 aromatic carbocycles. The number of benzene rings is 1. The first-order chi connectivity index (χ1) is 13.3. The van der Waals surface area contributed by atoms with E-state index in [2.05, 4.69) is 9.55 Å². The molecule has 1 saturated heterocycles. The molecule has 3 rings (SSSR count). The van der Waals surface area contributed by atoms with Gasteiger partial charge in [-0.2, -0.15) is 0 Å². The summed E-state index contributed by atoms with van der Waals surface area (Å²) in [7, 11) is -3.28. The molecule has 0 spiro atoms. The third-order valence-electron chi connectivity index (χ3n) is 5.57. The van der Waals surface area contributed by atoms with Gasteiger partial charge in [-0.05, 0) is 57.2 Å². The SMILES string of the molecule is Cc1nccn1CC1CCN(C(=O)Cc2ccc(S(=O)(=O)C(C)C)cc2)CC1. The summed E-state index contributed by atoms with van der Waals surface area (Å²) in [5, 5.41) is -0.451. The number of aryl methyl sites for hydroxylation is 1. The second-order valence-electron chi connectivity index (χ2n) is 7.87. The van der Waals surface area contributed by atoms with Crippen LogP contribution in [0.1, 0.15) is 38.1 Å². The van der Waals surface area contributed by atoms with Crippen LogP contribution >= 0.6 is 0 Å². The zero-order valence-corrected chi connectivity index (χ0v) is 17.7. The van der Waals surface area contributed by atoms with Crippen LogP contribution in [0.5, 0.6) is 0 Å². The van der Waals surface area contributed by atoms with E-state index in [1.54, 1.807) is 38.1 Å². The van der Waals surface area contributed by atoms with E-state index in [0.29, 0.717) is 17.2 Å². The lowest BCUT2D eigenvalue weighted by Gasteiger charge is -2.32. The predicted octanol–water partition coefficient (Wildman–Crippen LogP) is 2.85. The minimum atomic E-state index is -3.28. The highest BCUT2D eigenvalue weighted by Gasteiger charge is 2.24. The second kappa shape index (κ2) is 8.47. The summed E-state index contributed by atoms with van der Waals surface area (Å²) in [5.41, 5.74) is 0.851. The smallest absolute Gasteiger partial charge is 0.226 e. The molecular weight excluding hydrogens is 374 g/mol. The van der Waals surface area contributed by atoms with Crippen molar-refractivity contribution in [2.24, 2.45) is 5.92 Å². The molecule has 1 aliphatic rings. The summed E-state index contributed by atoms with van der Waals surface area (Å²) in [5.74, 6) is 1.70. The molecule has 152 valence electrons. The topological polar surface area (TPSA) is 72.3 Å². The van der Waals surface area contributed by atoms with Gasteiger partial charge >= 0.3 is 0 Å². The van der Waals surface area contributed by atoms with Crippen molar-refractivity contribution in [2.45, 2.75) is 56.7 Å². The molecule has 0 unspecified atom stereocenters. The van der Waals surface area contributed by atoms with Crippen LogP contribution < -0.4 is 0 Å². The van der Waals surface area contributed by atoms with Gasteiger partial charge in [0.25, 0.3) is 0 Å². The lowest BCUT2D eigenvalue weighted by atomic mass is 9.96. The Labute approximate surface area is 167 Å².